The minimum atomic E-state index is -0.499. The minimum absolute atomic E-state index is 0.152. The summed E-state index contributed by atoms with van der Waals surface area (Å²) in [7, 11) is 6.03. The maximum absolute atomic E-state index is 10.7. The van der Waals surface area contributed by atoms with Crippen molar-refractivity contribution >= 4 is 0 Å². The molecule has 0 spiro atoms. The van der Waals surface area contributed by atoms with Crippen LogP contribution in [0.2, 0.25) is 0 Å². The average Bonchev–Trinajstić information content (AvgIpc) is 2.76. The van der Waals surface area contributed by atoms with Gasteiger partial charge in [-0.3, -0.25) is 4.68 Å². The fraction of sp³-hybridized carbons (Fsp3) is 0.786. The monoisotopic (exact) mass is 251 g/mol. The van der Waals surface area contributed by atoms with E-state index in [1.165, 1.54) is 12.8 Å². The minimum Gasteiger partial charge on any atom is -0.385 e. The molecule has 0 aromatic carbocycles. The van der Waals surface area contributed by atoms with Crippen LogP contribution >= 0.6 is 0 Å². The molecule has 2 rings (SSSR count). The first-order chi connectivity index (χ1) is 8.45. The highest BCUT2D eigenvalue weighted by molar-refractivity contribution is 5.12. The molecule has 1 N–H and O–H groups in total. The van der Waals surface area contributed by atoms with Gasteiger partial charge in [-0.15, -0.1) is 0 Å². The van der Waals surface area contributed by atoms with Gasteiger partial charge in [0, 0.05) is 13.2 Å². The summed E-state index contributed by atoms with van der Waals surface area (Å²) in [6, 6.07) is 1.92. The van der Waals surface area contributed by atoms with E-state index in [9.17, 15) is 5.11 Å². The molecular weight excluding hydrogens is 226 g/mol. The van der Waals surface area contributed by atoms with Gasteiger partial charge in [-0.1, -0.05) is 6.92 Å². The zero-order chi connectivity index (χ0) is 13.3. The molecule has 1 fully saturated rings. The van der Waals surface area contributed by atoms with E-state index in [1.807, 2.05) is 19.3 Å². The van der Waals surface area contributed by atoms with Gasteiger partial charge in [0.25, 0.3) is 0 Å². The van der Waals surface area contributed by atoms with E-state index in [4.69, 9.17) is 0 Å². The lowest BCUT2D eigenvalue weighted by molar-refractivity contribution is -0.0430. The SMILES string of the molecule is CC1CCC(C(O)c2ccn(C)n2)(N(C)C)CC1. The van der Waals surface area contributed by atoms with Crippen LogP contribution in [0.3, 0.4) is 0 Å². The van der Waals surface area contributed by atoms with Gasteiger partial charge in [0.1, 0.15) is 6.10 Å². The number of aryl methyl sites for hydroxylation is 1. The summed E-state index contributed by atoms with van der Waals surface area (Å²) in [5.41, 5.74) is 0.640. The molecule has 1 unspecified atom stereocenters. The summed E-state index contributed by atoms with van der Waals surface area (Å²) in [6.45, 7) is 2.30. The second kappa shape index (κ2) is 5.02. The second-order valence-corrected chi connectivity index (χ2v) is 6.00. The van der Waals surface area contributed by atoms with Crippen molar-refractivity contribution in [2.45, 2.75) is 44.2 Å². The van der Waals surface area contributed by atoms with E-state index in [-0.39, 0.29) is 5.54 Å². The quantitative estimate of drug-likeness (QED) is 0.893. The van der Waals surface area contributed by atoms with E-state index >= 15 is 0 Å². The fourth-order valence-corrected chi connectivity index (χ4v) is 3.08. The van der Waals surface area contributed by atoms with E-state index in [0.29, 0.717) is 0 Å². The van der Waals surface area contributed by atoms with Crippen molar-refractivity contribution in [3.8, 4) is 0 Å². The molecule has 1 aromatic heterocycles. The summed E-state index contributed by atoms with van der Waals surface area (Å²) >= 11 is 0. The number of aromatic nitrogens is 2. The molecule has 1 saturated carbocycles. The molecule has 4 heteroatoms. The van der Waals surface area contributed by atoms with Crippen molar-refractivity contribution in [2.24, 2.45) is 13.0 Å². The zero-order valence-electron chi connectivity index (χ0n) is 11.9. The summed E-state index contributed by atoms with van der Waals surface area (Å²) in [5, 5.41) is 15.1. The second-order valence-electron chi connectivity index (χ2n) is 6.00. The zero-order valence-corrected chi connectivity index (χ0v) is 11.9. The lowest BCUT2D eigenvalue weighted by atomic mass is 9.72. The highest BCUT2D eigenvalue weighted by Gasteiger charge is 2.43. The van der Waals surface area contributed by atoms with Gasteiger partial charge in [0.2, 0.25) is 0 Å². The first-order valence-corrected chi connectivity index (χ1v) is 6.81. The molecule has 0 saturated heterocycles. The van der Waals surface area contributed by atoms with Crippen LogP contribution in [0.5, 0.6) is 0 Å². The van der Waals surface area contributed by atoms with Gasteiger partial charge in [-0.25, -0.2) is 0 Å². The van der Waals surface area contributed by atoms with Crippen molar-refractivity contribution in [3.05, 3.63) is 18.0 Å². The van der Waals surface area contributed by atoms with Crippen LogP contribution in [-0.4, -0.2) is 39.4 Å². The highest BCUT2D eigenvalue weighted by Crippen LogP contribution is 2.43. The lowest BCUT2D eigenvalue weighted by Crippen LogP contribution is -2.51. The lowest BCUT2D eigenvalue weighted by Gasteiger charge is -2.47. The summed E-state index contributed by atoms with van der Waals surface area (Å²) < 4.78 is 1.76. The molecule has 1 aromatic rings. The van der Waals surface area contributed by atoms with Gasteiger partial charge in [0.05, 0.1) is 11.2 Å². The Morgan fingerprint density at radius 2 is 2.06 bits per heavy atom. The molecule has 1 aliphatic carbocycles. The maximum Gasteiger partial charge on any atom is 0.116 e. The molecule has 1 aliphatic rings. The van der Waals surface area contributed by atoms with Crippen LogP contribution in [0, 0.1) is 5.92 Å². The first kappa shape index (κ1) is 13.6. The summed E-state index contributed by atoms with van der Waals surface area (Å²) in [4.78, 5) is 2.19. The van der Waals surface area contributed by atoms with Gasteiger partial charge in [-0.05, 0) is 51.8 Å². The van der Waals surface area contributed by atoms with Gasteiger partial charge in [-0.2, -0.15) is 5.10 Å². The molecule has 0 bridgehead atoms. The van der Waals surface area contributed by atoms with Crippen LogP contribution < -0.4 is 0 Å². The smallest absolute Gasteiger partial charge is 0.116 e. The molecule has 1 atom stereocenters. The van der Waals surface area contributed by atoms with Crippen molar-refractivity contribution in [1.82, 2.24) is 14.7 Å². The molecule has 0 amide bonds. The number of hydrogen-bond donors (Lipinski definition) is 1. The Morgan fingerprint density at radius 3 is 2.50 bits per heavy atom. The third kappa shape index (κ3) is 2.31. The average molecular weight is 251 g/mol. The van der Waals surface area contributed by atoms with E-state index in [1.54, 1.807) is 4.68 Å². The Labute approximate surface area is 110 Å². The maximum atomic E-state index is 10.7. The molecule has 102 valence electrons. The van der Waals surface area contributed by atoms with E-state index < -0.39 is 6.10 Å². The number of aliphatic hydroxyl groups excluding tert-OH is 1. The standard InChI is InChI=1S/C14H25N3O/c1-11-5-8-14(9-6-11,16(2)3)13(18)12-7-10-17(4)15-12/h7,10-11,13,18H,5-6,8-9H2,1-4H3. The predicted molar refractivity (Wildman–Crippen MR) is 72.2 cm³/mol. The Kier molecular flexibility index (Phi) is 3.78. The van der Waals surface area contributed by atoms with Gasteiger partial charge in [0.15, 0.2) is 0 Å². The summed E-state index contributed by atoms with van der Waals surface area (Å²) in [5.74, 6) is 0.772. The van der Waals surface area contributed by atoms with Crippen molar-refractivity contribution in [1.29, 1.82) is 0 Å². The number of hydrogen-bond acceptors (Lipinski definition) is 3. The molecule has 4 nitrogen and oxygen atoms in total. The molecule has 18 heavy (non-hydrogen) atoms. The Bertz CT molecular complexity index is 391. The molecular formula is C14H25N3O. The molecule has 0 aliphatic heterocycles. The first-order valence-electron chi connectivity index (χ1n) is 6.81. The van der Waals surface area contributed by atoms with Crippen molar-refractivity contribution in [2.75, 3.05) is 14.1 Å². The Hall–Kier alpha value is -0.870. The number of aliphatic hydroxyl groups is 1. The largest absolute Gasteiger partial charge is 0.385 e. The van der Waals surface area contributed by atoms with Crippen LogP contribution in [-0.2, 0) is 7.05 Å². The molecule has 1 heterocycles. The van der Waals surface area contributed by atoms with E-state index in [2.05, 4.69) is 31.0 Å². The summed E-state index contributed by atoms with van der Waals surface area (Å²) in [6.07, 6.45) is 5.84. The van der Waals surface area contributed by atoms with Crippen LogP contribution in [0.25, 0.3) is 0 Å². The highest BCUT2D eigenvalue weighted by atomic mass is 16.3. The fourth-order valence-electron chi connectivity index (χ4n) is 3.08. The van der Waals surface area contributed by atoms with Crippen molar-refractivity contribution < 1.29 is 5.11 Å². The third-order valence-corrected chi connectivity index (χ3v) is 4.55. The normalized spacial score (nSPS) is 30.7. The number of likely N-dealkylation sites (N-methyl/N-ethyl adjacent to an activating group) is 1. The van der Waals surface area contributed by atoms with Crippen LogP contribution in [0.15, 0.2) is 12.3 Å². The van der Waals surface area contributed by atoms with Crippen molar-refractivity contribution in [3.63, 3.8) is 0 Å². The van der Waals surface area contributed by atoms with Gasteiger partial charge >= 0.3 is 0 Å². The Morgan fingerprint density at radius 1 is 1.44 bits per heavy atom. The number of nitrogens with zero attached hydrogens (tertiary/aromatic N) is 3. The molecule has 0 radical (unpaired) electrons. The third-order valence-electron chi connectivity index (χ3n) is 4.55. The van der Waals surface area contributed by atoms with Crippen LogP contribution in [0.4, 0.5) is 0 Å². The van der Waals surface area contributed by atoms with Gasteiger partial charge < -0.3 is 10.0 Å². The Balaban J connectivity index is 2.25. The van der Waals surface area contributed by atoms with Crippen LogP contribution in [0.1, 0.15) is 44.4 Å². The number of rotatable bonds is 3. The topological polar surface area (TPSA) is 41.3 Å². The van der Waals surface area contributed by atoms with E-state index in [0.717, 1.165) is 24.5 Å². The predicted octanol–water partition coefficient (Wildman–Crippen LogP) is 1.96.